The van der Waals surface area contributed by atoms with Gasteiger partial charge in [-0.05, 0) is 18.1 Å². The zero-order chi connectivity index (χ0) is 9.10. The van der Waals surface area contributed by atoms with Crippen molar-refractivity contribution in [3.63, 3.8) is 0 Å². The molecule has 2 nitrogen and oxygen atoms in total. The van der Waals surface area contributed by atoms with Gasteiger partial charge in [-0.2, -0.15) is 0 Å². The summed E-state index contributed by atoms with van der Waals surface area (Å²) in [4.78, 5) is 7.24. The smallest absolute Gasteiger partial charge is 0.110 e. The van der Waals surface area contributed by atoms with Crippen molar-refractivity contribution in [2.24, 2.45) is 0 Å². The summed E-state index contributed by atoms with van der Waals surface area (Å²) in [7, 11) is 0. The van der Waals surface area contributed by atoms with E-state index in [1.165, 1.54) is 5.56 Å². The van der Waals surface area contributed by atoms with E-state index in [-0.39, 0.29) is 0 Å². The van der Waals surface area contributed by atoms with Crippen LogP contribution in [0, 0.1) is 6.92 Å². The number of rotatable bonds is 2. The Morgan fingerprint density at radius 2 is 2.15 bits per heavy atom. The van der Waals surface area contributed by atoms with E-state index in [1.807, 2.05) is 24.4 Å². The molecule has 0 aliphatic heterocycles. The van der Waals surface area contributed by atoms with Crippen molar-refractivity contribution in [2.45, 2.75) is 6.42 Å². The second kappa shape index (κ2) is 3.44. The maximum atomic E-state index is 4.17. The van der Waals surface area contributed by atoms with Crippen LogP contribution in [-0.2, 0) is 6.42 Å². The number of imidazole rings is 1. The fourth-order valence-corrected chi connectivity index (χ4v) is 1.30. The zero-order valence-corrected chi connectivity index (χ0v) is 7.33. The molecule has 2 rings (SSSR count). The summed E-state index contributed by atoms with van der Waals surface area (Å²) in [5.74, 6) is 0.983. The molecule has 0 aliphatic rings. The number of aromatic amines is 1. The summed E-state index contributed by atoms with van der Waals surface area (Å²) >= 11 is 0. The predicted octanol–water partition coefficient (Wildman–Crippen LogP) is 2.18. The predicted molar refractivity (Wildman–Crippen MR) is 52.3 cm³/mol. The Morgan fingerprint density at radius 3 is 2.85 bits per heavy atom. The molecule has 0 aliphatic carbocycles. The number of H-pyrrole nitrogens is 1. The van der Waals surface area contributed by atoms with Crippen LogP contribution >= 0.6 is 0 Å². The Bertz CT molecular complexity index is 377. The molecule has 1 radical (unpaired) electrons. The minimum absolute atomic E-state index is 0.826. The highest BCUT2D eigenvalue weighted by molar-refractivity contribution is 5.31. The van der Waals surface area contributed by atoms with Crippen molar-refractivity contribution >= 4 is 0 Å². The fraction of sp³-hybridized carbons (Fsp3) is 0.0909. The molecule has 0 fully saturated rings. The highest BCUT2D eigenvalue weighted by Crippen LogP contribution is 2.10. The summed E-state index contributed by atoms with van der Waals surface area (Å²) in [5, 5.41) is 0. The monoisotopic (exact) mass is 171 g/mol. The van der Waals surface area contributed by atoms with Crippen molar-refractivity contribution in [3.05, 3.63) is 60.5 Å². The molecule has 0 bridgehead atoms. The van der Waals surface area contributed by atoms with E-state index in [1.54, 1.807) is 6.20 Å². The minimum Gasteiger partial charge on any atom is -0.348 e. The van der Waals surface area contributed by atoms with Crippen LogP contribution < -0.4 is 0 Å². The third-order valence-electron chi connectivity index (χ3n) is 2.03. The van der Waals surface area contributed by atoms with Gasteiger partial charge in [-0.3, -0.25) is 0 Å². The zero-order valence-electron chi connectivity index (χ0n) is 7.33. The van der Waals surface area contributed by atoms with Crippen LogP contribution in [0.5, 0.6) is 0 Å². The summed E-state index contributed by atoms with van der Waals surface area (Å²) < 4.78 is 0. The van der Waals surface area contributed by atoms with Gasteiger partial charge < -0.3 is 4.98 Å². The van der Waals surface area contributed by atoms with E-state index in [9.17, 15) is 0 Å². The van der Waals surface area contributed by atoms with Crippen molar-refractivity contribution in [3.8, 4) is 0 Å². The van der Waals surface area contributed by atoms with Gasteiger partial charge in [0.25, 0.3) is 0 Å². The average Bonchev–Trinajstić information content (AvgIpc) is 2.61. The van der Waals surface area contributed by atoms with Crippen molar-refractivity contribution in [1.29, 1.82) is 0 Å². The van der Waals surface area contributed by atoms with E-state index in [0.29, 0.717) is 0 Å². The van der Waals surface area contributed by atoms with Gasteiger partial charge in [-0.25, -0.2) is 4.98 Å². The standard InChI is InChI=1S/C11H11N2/c1-9-4-2-3-5-10(9)8-11-12-6-7-13-11/h2-7H,1,8H2,(H,12,13). The molecule has 1 aromatic carbocycles. The fourth-order valence-electron chi connectivity index (χ4n) is 1.30. The highest BCUT2D eigenvalue weighted by atomic mass is 14.9. The molecule has 2 aromatic rings. The van der Waals surface area contributed by atoms with Gasteiger partial charge >= 0.3 is 0 Å². The normalized spacial score (nSPS) is 10.2. The number of benzene rings is 1. The van der Waals surface area contributed by atoms with Gasteiger partial charge in [0, 0.05) is 18.8 Å². The first-order chi connectivity index (χ1) is 6.36. The molecule has 1 aromatic heterocycles. The number of aromatic nitrogens is 2. The molecular weight excluding hydrogens is 160 g/mol. The first-order valence-electron chi connectivity index (χ1n) is 4.24. The van der Waals surface area contributed by atoms with Gasteiger partial charge in [-0.1, -0.05) is 24.3 Å². The van der Waals surface area contributed by atoms with Crippen LogP contribution in [0.1, 0.15) is 17.0 Å². The van der Waals surface area contributed by atoms with E-state index >= 15 is 0 Å². The van der Waals surface area contributed by atoms with Crippen LogP contribution in [0.2, 0.25) is 0 Å². The van der Waals surface area contributed by atoms with Crippen LogP contribution in [0.15, 0.2) is 36.7 Å². The summed E-state index contributed by atoms with van der Waals surface area (Å²) in [6.07, 6.45) is 4.43. The average molecular weight is 171 g/mol. The van der Waals surface area contributed by atoms with Gasteiger partial charge in [-0.15, -0.1) is 0 Å². The molecule has 0 saturated carbocycles. The first-order valence-corrected chi connectivity index (χ1v) is 4.24. The lowest BCUT2D eigenvalue weighted by molar-refractivity contribution is 1.02. The van der Waals surface area contributed by atoms with Crippen molar-refractivity contribution in [1.82, 2.24) is 9.97 Å². The number of hydrogen-bond acceptors (Lipinski definition) is 1. The van der Waals surface area contributed by atoms with E-state index in [0.717, 1.165) is 17.8 Å². The largest absolute Gasteiger partial charge is 0.348 e. The van der Waals surface area contributed by atoms with E-state index < -0.39 is 0 Å². The second-order valence-electron chi connectivity index (χ2n) is 2.98. The van der Waals surface area contributed by atoms with Crippen LogP contribution in [0.25, 0.3) is 0 Å². The molecule has 1 heterocycles. The molecular formula is C11H11N2. The Hall–Kier alpha value is -1.57. The van der Waals surface area contributed by atoms with Crippen LogP contribution in [0.4, 0.5) is 0 Å². The molecule has 0 spiro atoms. The quantitative estimate of drug-likeness (QED) is 0.737. The van der Waals surface area contributed by atoms with Gasteiger partial charge in [0.05, 0.1) is 0 Å². The maximum absolute atomic E-state index is 4.17. The van der Waals surface area contributed by atoms with Gasteiger partial charge in [0.1, 0.15) is 5.82 Å². The van der Waals surface area contributed by atoms with Crippen molar-refractivity contribution in [2.75, 3.05) is 0 Å². The summed E-state index contributed by atoms with van der Waals surface area (Å²) in [6.45, 7) is 3.96. The highest BCUT2D eigenvalue weighted by Gasteiger charge is 1.99. The third kappa shape index (κ3) is 1.78. The molecule has 1 N–H and O–H groups in total. The third-order valence-corrected chi connectivity index (χ3v) is 2.03. The van der Waals surface area contributed by atoms with Crippen molar-refractivity contribution < 1.29 is 0 Å². The number of hydrogen-bond donors (Lipinski definition) is 1. The van der Waals surface area contributed by atoms with E-state index in [2.05, 4.69) is 23.0 Å². The van der Waals surface area contributed by atoms with Crippen LogP contribution in [-0.4, -0.2) is 9.97 Å². The summed E-state index contributed by atoms with van der Waals surface area (Å²) in [5.41, 5.74) is 2.29. The first kappa shape index (κ1) is 8.05. The molecule has 0 amide bonds. The minimum atomic E-state index is 0.826. The van der Waals surface area contributed by atoms with Crippen LogP contribution in [0.3, 0.4) is 0 Å². The van der Waals surface area contributed by atoms with E-state index in [4.69, 9.17) is 0 Å². The van der Waals surface area contributed by atoms with Gasteiger partial charge in [0.2, 0.25) is 0 Å². The Kier molecular flexibility index (Phi) is 2.13. The Morgan fingerprint density at radius 1 is 1.31 bits per heavy atom. The maximum Gasteiger partial charge on any atom is 0.110 e. The Labute approximate surface area is 77.6 Å². The summed E-state index contributed by atoms with van der Waals surface area (Å²) in [6, 6.07) is 8.10. The lowest BCUT2D eigenvalue weighted by Crippen LogP contribution is -1.92. The van der Waals surface area contributed by atoms with Gasteiger partial charge in [0.15, 0.2) is 0 Å². The molecule has 13 heavy (non-hydrogen) atoms. The lowest BCUT2D eigenvalue weighted by atomic mass is 10.1. The molecule has 0 saturated heterocycles. The lowest BCUT2D eigenvalue weighted by Gasteiger charge is -2.01. The SMILES string of the molecule is [CH2]c1ccccc1Cc1ncc[nH]1. The second-order valence-corrected chi connectivity index (χ2v) is 2.98. The number of nitrogens with zero attached hydrogens (tertiary/aromatic N) is 1. The Balaban J connectivity index is 2.24. The topological polar surface area (TPSA) is 28.7 Å². The molecule has 2 heteroatoms. The number of nitrogens with one attached hydrogen (secondary N) is 1. The molecule has 0 atom stereocenters. The molecule has 65 valence electrons. The molecule has 0 unspecified atom stereocenters.